The van der Waals surface area contributed by atoms with E-state index >= 15 is 0 Å². The summed E-state index contributed by atoms with van der Waals surface area (Å²) in [4.78, 5) is 11.8. The molecule has 0 aliphatic rings. The maximum absolute atomic E-state index is 11.8. The van der Waals surface area contributed by atoms with Gasteiger partial charge >= 0.3 is 0 Å². The van der Waals surface area contributed by atoms with Gasteiger partial charge in [0.1, 0.15) is 11.5 Å². The predicted molar refractivity (Wildman–Crippen MR) is 74.1 cm³/mol. The van der Waals surface area contributed by atoms with Crippen molar-refractivity contribution in [1.82, 2.24) is 5.32 Å². The second kappa shape index (κ2) is 8.39. The van der Waals surface area contributed by atoms with E-state index in [1.807, 2.05) is 0 Å². The van der Waals surface area contributed by atoms with Gasteiger partial charge < -0.3 is 24.6 Å². The van der Waals surface area contributed by atoms with Gasteiger partial charge in [0.05, 0.1) is 33.4 Å². The molecule has 1 aromatic rings. The number of aliphatic hydroxyl groups is 1. The van der Waals surface area contributed by atoms with Gasteiger partial charge in [0.15, 0.2) is 0 Å². The molecule has 6 nitrogen and oxygen atoms in total. The Kier molecular flexibility index (Phi) is 6.83. The van der Waals surface area contributed by atoms with Crippen LogP contribution < -0.4 is 14.8 Å². The summed E-state index contributed by atoms with van der Waals surface area (Å²) in [6.45, 7) is 0.345. The summed E-state index contributed by atoms with van der Waals surface area (Å²) in [6, 6.07) is 5.27. The van der Waals surface area contributed by atoms with E-state index in [1.54, 1.807) is 32.4 Å². The molecule has 0 bridgehead atoms. The van der Waals surface area contributed by atoms with Gasteiger partial charge in [-0.15, -0.1) is 0 Å². The number of methoxy groups -OCH3 is 3. The Morgan fingerprint density at radius 1 is 1.30 bits per heavy atom. The fourth-order valence-corrected chi connectivity index (χ4v) is 1.72. The number of ether oxygens (including phenoxy) is 3. The zero-order valence-corrected chi connectivity index (χ0v) is 12.0. The molecule has 1 rings (SSSR count). The molecular formula is C14H21NO5. The number of hydrogen-bond acceptors (Lipinski definition) is 5. The van der Waals surface area contributed by atoms with Crippen molar-refractivity contribution >= 4 is 5.91 Å². The smallest absolute Gasteiger partial charge is 0.224 e. The Balaban J connectivity index is 2.57. The van der Waals surface area contributed by atoms with Gasteiger partial charge in [-0.2, -0.15) is 0 Å². The molecule has 1 unspecified atom stereocenters. The van der Waals surface area contributed by atoms with E-state index in [0.717, 1.165) is 5.56 Å². The molecule has 20 heavy (non-hydrogen) atoms. The van der Waals surface area contributed by atoms with E-state index in [0.29, 0.717) is 11.5 Å². The monoisotopic (exact) mass is 283 g/mol. The second-order valence-electron chi connectivity index (χ2n) is 4.27. The van der Waals surface area contributed by atoms with Gasteiger partial charge in [0.2, 0.25) is 5.91 Å². The molecule has 1 atom stereocenters. The molecule has 0 radical (unpaired) electrons. The highest BCUT2D eigenvalue weighted by Crippen LogP contribution is 2.24. The molecule has 1 amide bonds. The number of rotatable bonds is 8. The van der Waals surface area contributed by atoms with E-state index < -0.39 is 6.10 Å². The van der Waals surface area contributed by atoms with Crippen molar-refractivity contribution in [3.05, 3.63) is 23.8 Å². The molecule has 0 heterocycles. The van der Waals surface area contributed by atoms with Crippen LogP contribution in [0.5, 0.6) is 11.5 Å². The molecule has 2 N–H and O–H groups in total. The van der Waals surface area contributed by atoms with Crippen LogP contribution in [-0.4, -0.2) is 51.6 Å². The first kappa shape index (κ1) is 16.3. The number of carbonyl (C=O) groups excluding carboxylic acids is 1. The van der Waals surface area contributed by atoms with E-state index in [2.05, 4.69) is 5.32 Å². The Morgan fingerprint density at radius 3 is 2.65 bits per heavy atom. The maximum atomic E-state index is 11.8. The molecule has 0 aliphatic heterocycles. The van der Waals surface area contributed by atoms with E-state index in [4.69, 9.17) is 14.2 Å². The SMILES string of the molecule is COCC(O)CNC(=O)Cc1ccc(OC)cc1OC. The number of carbonyl (C=O) groups is 1. The average molecular weight is 283 g/mol. The van der Waals surface area contributed by atoms with Crippen LogP contribution in [0.2, 0.25) is 0 Å². The normalized spacial score (nSPS) is 11.8. The van der Waals surface area contributed by atoms with Crippen molar-refractivity contribution in [3.8, 4) is 11.5 Å². The van der Waals surface area contributed by atoms with Crippen LogP contribution in [-0.2, 0) is 16.0 Å². The highest BCUT2D eigenvalue weighted by Gasteiger charge is 2.11. The Labute approximate surface area is 118 Å². The predicted octanol–water partition coefficient (Wildman–Crippen LogP) is 0.370. The maximum Gasteiger partial charge on any atom is 0.224 e. The fraction of sp³-hybridized carbons (Fsp3) is 0.500. The largest absolute Gasteiger partial charge is 0.497 e. The topological polar surface area (TPSA) is 77.0 Å². The molecule has 6 heteroatoms. The lowest BCUT2D eigenvalue weighted by molar-refractivity contribution is -0.121. The van der Waals surface area contributed by atoms with Gasteiger partial charge in [0, 0.05) is 25.3 Å². The van der Waals surface area contributed by atoms with Crippen molar-refractivity contribution in [1.29, 1.82) is 0 Å². The number of nitrogens with one attached hydrogen (secondary N) is 1. The lowest BCUT2D eigenvalue weighted by Gasteiger charge is -2.12. The molecule has 0 saturated carbocycles. The average Bonchev–Trinajstić information content (AvgIpc) is 2.46. The van der Waals surface area contributed by atoms with Gasteiger partial charge in [-0.1, -0.05) is 6.07 Å². The summed E-state index contributed by atoms with van der Waals surface area (Å²) < 4.78 is 15.1. The van der Waals surface area contributed by atoms with Crippen LogP contribution in [0.3, 0.4) is 0 Å². The number of hydrogen-bond donors (Lipinski definition) is 2. The Bertz CT molecular complexity index is 436. The number of amides is 1. The second-order valence-corrected chi connectivity index (χ2v) is 4.27. The summed E-state index contributed by atoms with van der Waals surface area (Å²) in [5, 5.41) is 12.1. The third-order valence-electron chi connectivity index (χ3n) is 2.74. The number of aliphatic hydroxyl groups excluding tert-OH is 1. The minimum atomic E-state index is -0.707. The minimum absolute atomic E-state index is 0.158. The molecule has 0 aliphatic carbocycles. The standard InChI is InChI=1S/C14H21NO5/c1-18-9-11(16)8-15-14(17)6-10-4-5-12(19-2)7-13(10)20-3/h4-5,7,11,16H,6,8-9H2,1-3H3,(H,15,17). The van der Waals surface area contributed by atoms with Crippen LogP contribution in [0, 0.1) is 0 Å². The summed E-state index contributed by atoms with van der Waals surface area (Å²) in [7, 11) is 4.60. The zero-order chi connectivity index (χ0) is 15.0. The van der Waals surface area contributed by atoms with Crippen molar-refractivity contribution in [2.24, 2.45) is 0 Å². The third-order valence-corrected chi connectivity index (χ3v) is 2.74. The van der Waals surface area contributed by atoms with Crippen molar-refractivity contribution < 1.29 is 24.1 Å². The molecule has 0 saturated heterocycles. The van der Waals surface area contributed by atoms with Crippen molar-refractivity contribution in [3.63, 3.8) is 0 Å². The summed E-state index contributed by atoms with van der Waals surface area (Å²) >= 11 is 0. The Morgan fingerprint density at radius 2 is 2.05 bits per heavy atom. The minimum Gasteiger partial charge on any atom is -0.497 e. The molecule has 0 spiro atoms. The Hall–Kier alpha value is -1.79. The molecule has 0 aromatic heterocycles. The first-order valence-electron chi connectivity index (χ1n) is 6.25. The van der Waals surface area contributed by atoms with E-state index in [9.17, 15) is 9.90 Å². The number of benzene rings is 1. The lowest BCUT2D eigenvalue weighted by Crippen LogP contribution is -2.35. The summed E-state index contributed by atoms with van der Waals surface area (Å²) in [5.74, 6) is 1.07. The highest BCUT2D eigenvalue weighted by molar-refractivity contribution is 5.79. The highest BCUT2D eigenvalue weighted by atomic mass is 16.5. The first-order valence-corrected chi connectivity index (χ1v) is 6.25. The molecular weight excluding hydrogens is 262 g/mol. The van der Waals surface area contributed by atoms with Crippen molar-refractivity contribution in [2.75, 3.05) is 34.5 Å². The lowest BCUT2D eigenvalue weighted by atomic mass is 10.1. The van der Waals surface area contributed by atoms with Gasteiger partial charge in [-0.25, -0.2) is 0 Å². The van der Waals surface area contributed by atoms with Crippen LogP contribution in [0.25, 0.3) is 0 Å². The van der Waals surface area contributed by atoms with Crippen LogP contribution in [0.1, 0.15) is 5.56 Å². The van der Waals surface area contributed by atoms with Crippen LogP contribution >= 0.6 is 0 Å². The molecule has 1 aromatic carbocycles. The van der Waals surface area contributed by atoms with Gasteiger partial charge in [0.25, 0.3) is 0 Å². The van der Waals surface area contributed by atoms with Gasteiger partial charge in [-0.05, 0) is 6.07 Å². The summed E-state index contributed by atoms with van der Waals surface area (Å²) in [6.07, 6.45) is -0.533. The van der Waals surface area contributed by atoms with Crippen LogP contribution in [0.4, 0.5) is 0 Å². The first-order chi connectivity index (χ1) is 9.60. The van der Waals surface area contributed by atoms with Crippen molar-refractivity contribution in [2.45, 2.75) is 12.5 Å². The van der Waals surface area contributed by atoms with E-state index in [-0.39, 0.29) is 25.5 Å². The van der Waals surface area contributed by atoms with E-state index in [1.165, 1.54) is 7.11 Å². The third kappa shape index (κ3) is 5.07. The molecule has 112 valence electrons. The van der Waals surface area contributed by atoms with Crippen LogP contribution in [0.15, 0.2) is 18.2 Å². The zero-order valence-electron chi connectivity index (χ0n) is 12.0. The fourth-order valence-electron chi connectivity index (χ4n) is 1.72. The summed E-state index contributed by atoms with van der Waals surface area (Å²) in [5.41, 5.74) is 0.757. The van der Waals surface area contributed by atoms with Gasteiger partial charge in [-0.3, -0.25) is 4.79 Å². The molecule has 0 fully saturated rings. The quantitative estimate of drug-likeness (QED) is 0.721.